The Morgan fingerprint density at radius 1 is 0.615 bits per heavy atom. The van der Waals surface area contributed by atoms with Crippen LogP contribution in [0.3, 0.4) is 0 Å². The molecule has 4 aromatic rings. The van der Waals surface area contributed by atoms with E-state index in [1.54, 1.807) is 6.07 Å². The summed E-state index contributed by atoms with van der Waals surface area (Å²) >= 11 is 0. The molecular weight excluding hydrogens is 528 g/mol. The Balaban J connectivity index is 1.57. The predicted molar refractivity (Wildman–Crippen MR) is 131 cm³/mol. The van der Waals surface area contributed by atoms with Gasteiger partial charge in [-0.1, -0.05) is 56.2 Å². The molecule has 0 bridgehead atoms. The van der Waals surface area contributed by atoms with E-state index >= 15 is 0 Å². The van der Waals surface area contributed by atoms with Crippen LogP contribution in [0.25, 0.3) is 22.3 Å². The lowest BCUT2D eigenvalue weighted by Gasteiger charge is -2.20. The van der Waals surface area contributed by atoms with Crippen molar-refractivity contribution in [2.75, 3.05) is 0 Å². The summed E-state index contributed by atoms with van der Waals surface area (Å²) in [6, 6.07) is 12.7. The normalized spacial score (nSPS) is 11.6. The minimum atomic E-state index is -4.63. The van der Waals surface area contributed by atoms with E-state index in [9.17, 15) is 35.1 Å². The number of ether oxygens (including phenoxy) is 1. The van der Waals surface area contributed by atoms with Crippen molar-refractivity contribution in [2.24, 2.45) is 0 Å². The van der Waals surface area contributed by atoms with Gasteiger partial charge in [0.2, 0.25) is 0 Å². The van der Waals surface area contributed by atoms with Crippen molar-refractivity contribution < 1.29 is 39.9 Å². The zero-order valence-electron chi connectivity index (χ0n) is 20.6. The van der Waals surface area contributed by atoms with Gasteiger partial charge in [-0.3, -0.25) is 0 Å². The lowest BCUT2D eigenvalue weighted by molar-refractivity contribution is -0.188. The summed E-state index contributed by atoms with van der Waals surface area (Å²) in [6.45, 7) is 2.12. The third-order valence-electron chi connectivity index (χ3n) is 6.18. The number of hydrogen-bond acceptors (Lipinski definition) is 1. The fourth-order valence-electron chi connectivity index (χ4n) is 4.10. The fourth-order valence-corrected chi connectivity index (χ4v) is 4.10. The summed E-state index contributed by atoms with van der Waals surface area (Å²) < 4.78 is 117. The molecule has 0 saturated carbocycles. The number of rotatable bonds is 9. The van der Waals surface area contributed by atoms with Gasteiger partial charge in [0.05, 0.1) is 5.56 Å². The van der Waals surface area contributed by atoms with Crippen LogP contribution in [-0.2, 0) is 12.5 Å². The summed E-state index contributed by atoms with van der Waals surface area (Å²) in [5, 5.41) is 0. The maximum absolute atomic E-state index is 15.0. The van der Waals surface area contributed by atoms with Crippen molar-refractivity contribution in [3.05, 3.63) is 113 Å². The van der Waals surface area contributed by atoms with Crippen molar-refractivity contribution in [1.82, 2.24) is 0 Å². The SMILES string of the molecule is CCCCCc1ccc(-c2ccc(-c3cc(F)c(OC(F)(F)c4cc(F)c(F)c(F)c4)c(F)c3)c(F)c2)cc1. The molecule has 0 aliphatic rings. The number of halogens is 8. The first-order chi connectivity index (χ1) is 18.5. The van der Waals surface area contributed by atoms with Crippen LogP contribution in [0.4, 0.5) is 35.1 Å². The van der Waals surface area contributed by atoms with Gasteiger partial charge in [-0.25, -0.2) is 26.3 Å². The van der Waals surface area contributed by atoms with Gasteiger partial charge in [0.25, 0.3) is 0 Å². The fraction of sp³-hybridized carbons (Fsp3) is 0.200. The second kappa shape index (κ2) is 11.5. The molecule has 0 aromatic heterocycles. The van der Waals surface area contributed by atoms with Gasteiger partial charge < -0.3 is 4.74 Å². The van der Waals surface area contributed by atoms with E-state index in [4.69, 9.17) is 0 Å². The Kier molecular flexibility index (Phi) is 8.28. The topological polar surface area (TPSA) is 9.23 Å². The molecule has 0 fully saturated rings. The lowest BCUT2D eigenvalue weighted by atomic mass is 9.98. The number of aryl methyl sites for hydroxylation is 1. The molecule has 4 aromatic carbocycles. The van der Waals surface area contributed by atoms with Crippen LogP contribution in [0.15, 0.2) is 66.7 Å². The summed E-state index contributed by atoms with van der Waals surface area (Å²) in [5.41, 5.74) is 0.408. The van der Waals surface area contributed by atoms with E-state index in [0.717, 1.165) is 36.8 Å². The van der Waals surface area contributed by atoms with Crippen LogP contribution in [0.1, 0.15) is 37.3 Å². The molecule has 0 amide bonds. The van der Waals surface area contributed by atoms with Crippen molar-refractivity contribution >= 4 is 0 Å². The number of alkyl halides is 2. The van der Waals surface area contributed by atoms with Gasteiger partial charge >= 0.3 is 6.11 Å². The third-order valence-corrected chi connectivity index (χ3v) is 6.18. The van der Waals surface area contributed by atoms with Crippen LogP contribution >= 0.6 is 0 Å². The summed E-state index contributed by atoms with van der Waals surface area (Å²) in [7, 11) is 0. The van der Waals surface area contributed by atoms with Crippen LogP contribution in [0, 0.1) is 34.9 Å². The molecule has 39 heavy (non-hydrogen) atoms. The monoisotopic (exact) mass is 550 g/mol. The smallest absolute Gasteiger partial charge is 0.423 e. The van der Waals surface area contributed by atoms with E-state index in [-0.39, 0.29) is 23.3 Å². The Morgan fingerprint density at radius 3 is 1.74 bits per heavy atom. The van der Waals surface area contributed by atoms with Gasteiger partial charge in [-0.15, -0.1) is 0 Å². The summed E-state index contributed by atoms with van der Waals surface area (Å²) in [4.78, 5) is 0. The highest BCUT2D eigenvalue weighted by molar-refractivity contribution is 5.71. The standard InChI is InChI=1S/C30H22F8O/c1-2-3-4-5-17-6-8-18(9-7-17)19-10-11-22(23(31)12-19)20-13-26(34)29(27(35)14-20)39-30(37,38)21-15-24(32)28(36)25(33)16-21/h6-16H,2-5H2,1H3. The van der Waals surface area contributed by atoms with Crippen molar-refractivity contribution in [3.8, 4) is 28.0 Å². The molecule has 0 saturated heterocycles. The first kappa shape index (κ1) is 28.1. The van der Waals surface area contributed by atoms with Crippen LogP contribution in [0.2, 0.25) is 0 Å². The van der Waals surface area contributed by atoms with E-state index in [0.29, 0.717) is 17.7 Å². The summed E-state index contributed by atoms with van der Waals surface area (Å²) in [5.74, 6) is -11.5. The van der Waals surface area contributed by atoms with Gasteiger partial charge in [0.1, 0.15) is 5.82 Å². The van der Waals surface area contributed by atoms with Crippen LogP contribution in [-0.4, -0.2) is 0 Å². The first-order valence-electron chi connectivity index (χ1n) is 12.1. The van der Waals surface area contributed by atoms with E-state index in [2.05, 4.69) is 11.7 Å². The molecule has 1 nitrogen and oxygen atoms in total. The van der Waals surface area contributed by atoms with E-state index in [1.807, 2.05) is 24.3 Å². The van der Waals surface area contributed by atoms with E-state index in [1.165, 1.54) is 12.1 Å². The number of hydrogen-bond donors (Lipinski definition) is 0. The number of unbranched alkanes of at least 4 members (excludes halogenated alkanes) is 2. The molecule has 9 heteroatoms. The van der Waals surface area contributed by atoms with Crippen molar-refractivity contribution in [2.45, 2.75) is 38.7 Å². The molecule has 204 valence electrons. The first-order valence-corrected chi connectivity index (χ1v) is 12.1. The molecule has 0 spiro atoms. The summed E-state index contributed by atoms with van der Waals surface area (Å²) in [6.07, 6.45) is -0.395. The maximum Gasteiger partial charge on any atom is 0.427 e. The highest BCUT2D eigenvalue weighted by atomic mass is 19.3. The Labute approximate surface area is 219 Å². The molecule has 0 atom stereocenters. The highest BCUT2D eigenvalue weighted by Crippen LogP contribution is 2.38. The zero-order chi connectivity index (χ0) is 28.3. The van der Waals surface area contributed by atoms with Crippen LogP contribution < -0.4 is 4.74 Å². The molecule has 0 radical (unpaired) electrons. The van der Waals surface area contributed by atoms with Gasteiger partial charge in [0, 0.05) is 5.56 Å². The van der Waals surface area contributed by atoms with Crippen LogP contribution in [0.5, 0.6) is 5.75 Å². The molecular formula is C30H22F8O. The van der Waals surface area contributed by atoms with E-state index < -0.39 is 52.3 Å². The predicted octanol–water partition coefficient (Wildman–Crippen LogP) is 9.72. The van der Waals surface area contributed by atoms with Crippen molar-refractivity contribution in [3.63, 3.8) is 0 Å². The molecule has 0 aliphatic carbocycles. The minimum absolute atomic E-state index is 0.0560. The average Bonchev–Trinajstić information content (AvgIpc) is 2.89. The largest absolute Gasteiger partial charge is 0.427 e. The van der Waals surface area contributed by atoms with Crippen molar-refractivity contribution in [1.29, 1.82) is 0 Å². The Morgan fingerprint density at radius 2 is 1.18 bits per heavy atom. The van der Waals surface area contributed by atoms with Gasteiger partial charge in [-0.05, 0) is 65.4 Å². The molecule has 0 aliphatic heterocycles. The second-order valence-corrected chi connectivity index (χ2v) is 8.99. The quantitative estimate of drug-likeness (QED) is 0.115. The maximum atomic E-state index is 15.0. The molecule has 4 rings (SSSR count). The highest BCUT2D eigenvalue weighted by Gasteiger charge is 2.38. The lowest BCUT2D eigenvalue weighted by Crippen LogP contribution is -2.24. The number of benzene rings is 4. The van der Waals surface area contributed by atoms with Gasteiger partial charge in [0.15, 0.2) is 34.8 Å². The second-order valence-electron chi connectivity index (χ2n) is 8.99. The molecule has 0 heterocycles. The Bertz CT molecular complexity index is 1440. The minimum Gasteiger partial charge on any atom is -0.423 e. The zero-order valence-corrected chi connectivity index (χ0v) is 20.6. The third kappa shape index (κ3) is 6.24. The molecule has 0 unspecified atom stereocenters. The molecule has 0 N–H and O–H groups in total. The Hall–Kier alpha value is -3.88. The average molecular weight is 550 g/mol. The van der Waals surface area contributed by atoms with Gasteiger partial charge in [-0.2, -0.15) is 8.78 Å².